The Morgan fingerprint density at radius 2 is 1.56 bits per heavy atom. The standard InChI is InChI=1S/C34H28N2O7/c1-40-23-15-11-21(12-16-23)34-28(19-7-5-4-6-8-19)27-30(35-31(36-32(27)38)20-9-13-22(37)14-10-20)33(34,39)29-25(42-3)17-24(41-2)18-26(29)43-34/h4-18,28,37,39H,1-3H3,(H,35,36,38)/t28?,33-,34-/m0/s1. The number of ether oxygens (including phenoxy) is 4. The van der Waals surface area contributed by atoms with Crippen molar-refractivity contribution in [3.8, 4) is 40.1 Å². The predicted octanol–water partition coefficient (Wildman–Crippen LogP) is 4.84. The molecule has 1 aliphatic carbocycles. The quantitative estimate of drug-likeness (QED) is 0.263. The largest absolute Gasteiger partial charge is 0.508 e. The minimum Gasteiger partial charge on any atom is -0.508 e. The maximum absolute atomic E-state index is 14.2. The van der Waals surface area contributed by atoms with Crippen LogP contribution in [-0.4, -0.2) is 41.5 Å². The first-order valence-corrected chi connectivity index (χ1v) is 13.7. The molecule has 0 fully saturated rings. The smallest absolute Gasteiger partial charge is 0.255 e. The number of benzene rings is 4. The summed E-state index contributed by atoms with van der Waals surface area (Å²) in [4.78, 5) is 22.1. The van der Waals surface area contributed by atoms with Crippen LogP contribution in [0.15, 0.2) is 95.8 Å². The Hall–Kier alpha value is -5.28. The van der Waals surface area contributed by atoms with Crippen LogP contribution in [0.25, 0.3) is 11.4 Å². The Bertz CT molecular complexity index is 1910. The van der Waals surface area contributed by atoms with Gasteiger partial charge in [0.15, 0.2) is 11.2 Å². The number of aliphatic hydroxyl groups is 1. The normalized spacial score (nSPS) is 21.3. The van der Waals surface area contributed by atoms with Crippen molar-refractivity contribution in [2.75, 3.05) is 21.3 Å². The molecule has 7 rings (SSSR count). The van der Waals surface area contributed by atoms with E-state index < -0.39 is 22.7 Å². The van der Waals surface area contributed by atoms with E-state index in [0.717, 1.165) is 5.56 Å². The maximum atomic E-state index is 14.2. The average Bonchev–Trinajstić information content (AvgIpc) is 3.44. The Morgan fingerprint density at radius 3 is 2.21 bits per heavy atom. The number of phenols is 1. The summed E-state index contributed by atoms with van der Waals surface area (Å²) in [6.07, 6.45) is 0. The van der Waals surface area contributed by atoms with E-state index in [1.165, 1.54) is 26.4 Å². The van der Waals surface area contributed by atoms with Gasteiger partial charge < -0.3 is 34.1 Å². The molecule has 4 aromatic carbocycles. The van der Waals surface area contributed by atoms with Gasteiger partial charge in [0, 0.05) is 23.3 Å². The first-order valence-electron chi connectivity index (χ1n) is 13.7. The number of hydrogen-bond acceptors (Lipinski definition) is 8. The molecule has 3 N–H and O–H groups in total. The van der Waals surface area contributed by atoms with Crippen molar-refractivity contribution in [3.63, 3.8) is 0 Å². The minimum atomic E-state index is -2.00. The van der Waals surface area contributed by atoms with Gasteiger partial charge in [-0.15, -0.1) is 0 Å². The van der Waals surface area contributed by atoms with E-state index in [2.05, 4.69) is 4.98 Å². The Balaban J connectivity index is 1.63. The van der Waals surface area contributed by atoms with E-state index in [1.807, 2.05) is 42.5 Å². The Labute approximate surface area is 246 Å². The molecule has 0 radical (unpaired) electrons. The fourth-order valence-electron chi connectivity index (χ4n) is 6.58. The Kier molecular flexibility index (Phi) is 5.96. The highest BCUT2D eigenvalue weighted by Crippen LogP contribution is 2.69. The number of phenolic OH excluding ortho intramolecular Hbond substituents is 1. The minimum absolute atomic E-state index is 0.0744. The van der Waals surface area contributed by atoms with Crippen LogP contribution in [0.1, 0.15) is 33.9 Å². The monoisotopic (exact) mass is 576 g/mol. The average molecular weight is 577 g/mol. The third kappa shape index (κ3) is 3.61. The van der Waals surface area contributed by atoms with Crippen molar-refractivity contribution in [2.45, 2.75) is 17.1 Å². The van der Waals surface area contributed by atoms with Crippen molar-refractivity contribution in [1.29, 1.82) is 0 Å². The molecule has 9 nitrogen and oxygen atoms in total. The van der Waals surface area contributed by atoms with E-state index in [9.17, 15) is 15.0 Å². The van der Waals surface area contributed by atoms with Crippen LogP contribution in [0, 0.1) is 0 Å². The Morgan fingerprint density at radius 1 is 0.860 bits per heavy atom. The van der Waals surface area contributed by atoms with Gasteiger partial charge in [0.2, 0.25) is 0 Å². The van der Waals surface area contributed by atoms with Gasteiger partial charge in [0.05, 0.1) is 44.1 Å². The van der Waals surface area contributed by atoms with Crippen LogP contribution in [-0.2, 0) is 11.2 Å². The van der Waals surface area contributed by atoms with E-state index in [4.69, 9.17) is 23.9 Å². The number of aromatic amines is 1. The fraction of sp³-hybridized carbons (Fsp3) is 0.176. The zero-order valence-corrected chi connectivity index (χ0v) is 23.6. The highest BCUT2D eigenvalue weighted by molar-refractivity contribution is 5.70. The molecule has 1 unspecified atom stereocenters. The van der Waals surface area contributed by atoms with Gasteiger partial charge in [-0.05, 0) is 42.0 Å². The van der Waals surface area contributed by atoms with Crippen LogP contribution in [0.2, 0.25) is 0 Å². The number of fused-ring (bicyclic) bond motifs is 5. The van der Waals surface area contributed by atoms with Gasteiger partial charge in [-0.25, -0.2) is 4.98 Å². The molecule has 0 amide bonds. The highest BCUT2D eigenvalue weighted by atomic mass is 16.5. The number of aromatic nitrogens is 2. The van der Waals surface area contributed by atoms with Crippen molar-refractivity contribution in [3.05, 3.63) is 129 Å². The summed E-state index contributed by atoms with van der Waals surface area (Å²) >= 11 is 0. The molecule has 43 heavy (non-hydrogen) atoms. The van der Waals surface area contributed by atoms with E-state index >= 15 is 0 Å². The molecule has 0 bridgehead atoms. The molecule has 1 aromatic heterocycles. The molecule has 1 aliphatic heterocycles. The first-order chi connectivity index (χ1) is 20.8. The number of rotatable bonds is 6. The number of nitrogens with one attached hydrogen (secondary N) is 1. The van der Waals surface area contributed by atoms with Crippen molar-refractivity contribution in [2.24, 2.45) is 0 Å². The second-order valence-corrected chi connectivity index (χ2v) is 10.5. The zero-order valence-electron chi connectivity index (χ0n) is 23.6. The van der Waals surface area contributed by atoms with Gasteiger partial charge in [-0.1, -0.05) is 42.5 Å². The van der Waals surface area contributed by atoms with Crippen LogP contribution >= 0.6 is 0 Å². The molecule has 5 aromatic rings. The summed E-state index contributed by atoms with van der Waals surface area (Å²) in [7, 11) is 4.62. The lowest BCUT2D eigenvalue weighted by molar-refractivity contribution is -0.0909. The molecule has 2 heterocycles. The van der Waals surface area contributed by atoms with Gasteiger partial charge in [-0.3, -0.25) is 4.79 Å². The van der Waals surface area contributed by atoms with Crippen molar-refractivity contribution >= 4 is 0 Å². The van der Waals surface area contributed by atoms with E-state index in [1.54, 1.807) is 43.5 Å². The lowest BCUT2D eigenvalue weighted by atomic mass is 9.70. The van der Waals surface area contributed by atoms with Crippen LogP contribution in [0.3, 0.4) is 0 Å². The maximum Gasteiger partial charge on any atom is 0.255 e. The topological polar surface area (TPSA) is 123 Å². The number of hydrogen-bond donors (Lipinski definition) is 3. The summed E-state index contributed by atoms with van der Waals surface area (Å²) in [5.41, 5.74) is -1.34. The fourth-order valence-corrected chi connectivity index (χ4v) is 6.58. The molecule has 2 aliphatic rings. The summed E-state index contributed by atoms with van der Waals surface area (Å²) < 4.78 is 23.8. The third-order valence-corrected chi connectivity index (χ3v) is 8.45. The van der Waals surface area contributed by atoms with Gasteiger partial charge >= 0.3 is 0 Å². The second-order valence-electron chi connectivity index (χ2n) is 10.5. The molecule has 0 spiro atoms. The predicted molar refractivity (Wildman–Crippen MR) is 158 cm³/mol. The van der Waals surface area contributed by atoms with Crippen LogP contribution < -0.4 is 24.5 Å². The molecule has 0 saturated carbocycles. The molecule has 9 heteroatoms. The summed E-state index contributed by atoms with van der Waals surface area (Å²) in [6, 6.07) is 26.4. The lowest BCUT2D eigenvalue weighted by Gasteiger charge is -2.40. The number of nitrogens with zero attached hydrogens (tertiary/aromatic N) is 1. The number of methoxy groups -OCH3 is 3. The van der Waals surface area contributed by atoms with E-state index in [0.29, 0.717) is 39.7 Å². The van der Waals surface area contributed by atoms with Gasteiger partial charge in [-0.2, -0.15) is 0 Å². The SMILES string of the molecule is COc1ccc([C@@]23Oc4cc(OC)cc(OC)c4[C@]2(O)c2nc(-c4ccc(O)cc4)[nH]c(=O)c2C3c2ccccc2)cc1. The van der Waals surface area contributed by atoms with Crippen molar-refractivity contribution in [1.82, 2.24) is 9.97 Å². The highest BCUT2D eigenvalue weighted by Gasteiger charge is 2.73. The van der Waals surface area contributed by atoms with Gasteiger partial charge in [0.1, 0.15) is 34.6 Å². The summed E-state index contributed by atoms with van der Waals surface area (Å²) in [6.45, 7) is 0. The van der Waals surface area contributed by atoms with Crippen LogP contribution in [0.5, 0.6) is 28.7 Å². The summed E-state index contributed by atoms with van der Waals surface area (Å²) in [5.74, 6) is 1.27. The van der Waals surface area contributed by atoms with Crippen LogP contribution in [0.4, 0.5) is 0 Å². The molecule has 216 valence electrons. The van der Waals surface area contributed by atoms with E-state index in [-0.39, 0.29) is 22.8 Å². The molecule has 0 saturated heterocycles. The first kappa shape index (κ1) is 26.6. The molecular weight excluding hydrogens is 548 g/mol. The zero-order chi connectivity index (χ0) is 29.9. The molecule has 3 atom stereocenters. The summed E-state index contributed by atoms with van der Waals surface area (Å²) in [5, 5.41) is 23.2. The number of H-pyrrole nitrogens is 1. The van der Waals surface area contributed by atoms with Crippen molar-refractivity contribution < 1.29 is 29.2 Å². The lowest BCUT2D eigenvalue weighted by Crippen LogP contribution is -2.49. The molecular formula is C34H28N2O7. The number of aromatic hydroxyl groups is 1. The van der Waals surface area contributed by atoms with Gasteiger partial charge in [0.25, 0.3) is 5.56 Å². The third-order valence-electron chi connectivity index (χ3n) is 8.45. The second kappa shape index (κ2) is 9.64.